The van der Waals surface area contributed by atoms with E-state index in [9.17, 15) is 4.79 Å². The second-order valence-electron chi connectivity index (χ2n) is 3.92. The molecule has 0 aliphatic rings. The number of H-pyrrole nitrogens is 1. The van der Waals surface area contributed by atoms with Crippen molar-refractivity contribution in [1.82, 2.24) is 9.55 Å². The monoisotopic (exact) mass is 282 g/mol. The summed E-state index contributed by atoms with van der Waals surface area (Å²) in [6.07, 6.45) is 5.85. The summed E-state index contributed by atoms with van der Waals surface area (Å²) in [5.41, 5.74) is 0.971. The summed E-state index contributed by atoms with van der Waals surface area (Å²) < 4.78 is 3.06. The van der Waals surface area contributed by atoms with Gasteiger partial charge in [-0.25, -0.2) is 0 Å². The first-order valence-corrected chi connectivity index (χ1v) is 6.36. The quantitative estimate of drug-likeness (QED) is 0.920. The van der Waals surface area contributed by atoms with E-state index in [1.165, 1.54) is 0 Å². The van der Waals surface area contributed by atoms with Crippen molar-refractivity contribution in [2.45, 2.75) is 32.7 Å². The molecule has 2 heterocycles. The summed E-state index contributed by atoms with van der Waals surface area (Å²) in [4.78, 5) is 14.4. The Morgan fingerprint density at radius 1 is 1.44 bits per heavy atom. The highest BCUT2D eigenvalue weighted by Crippen LogP contribution is 2.28. The molecule has 0 aliphatic heterocycles. The third kappa shape index (κ3) is 1.71. The molecule has 0 saturated heterocycles. The molecule has 0 bridgehead atoms. The molecule has 4 heteroatoms. The van der Waals surface area contributed by atoms with Gasteiger partial charge in [-0.3, -0.25) is 4.79 Å². The number of hydrogen-bond acceptors (Lipinski definition) is 1. The number of aromatic amines is 1. The zero-order valence-electron chi connectivity index (χ0n) is 9.46. The van der Waals surface area contributed by atoms with Crippen LogP contribution in [0.5, 0.6) is 0 Å². The van der Waals surface area contributed by atoms with E-state index in [0.717, 1.165) is 28.2 Å². The van der Waals surface area contributed by atoms with Crippen molar-refractivity contribution in [2.24, 2.45) is 0 Å². The van der Waals surface area contributed by atoms with Crippen LogP contribution < -0.4 is 5.56 Å². The van der Waals surface area contributed by atoms with Crippen LogP contribution in [0.2, 0.25) is 0 Å². The Morgan fingerprint density at radius 3 is 2.75 bits per heavy atom. The molecule has 2 aromatic rings. The van der Waals surface area contributed by atoms with Crippen molar-refractivity contribution in [3.63, 3.8) is 0 Å². The van der Waals surface area contributed by atoms with Gasteiger partial charge in [0, 0.05) is 22.9 Å². The van der Waals surface area contributed by atoms with Gasteiger partial charge in [0.05, 0.1) is 10.9 Å². The smallest absolute Gasteiger partial charge is 0.258 e. The molecule has 0 radical (unpaired) electrons. The van der Waals surface area contributed by atoms with E-state index in [0.29, 0.717) is 6.04 Å². The number of aromatic nitrogens is 2. The lowest BCUT2D eigenvalue weighted by Crippen LogP contribution is -2.08. The standard InChI is InChI=1S/C12H15BrN2O/c1-3-8(4-2)15-7-9(13)11-10(15)5-6-14-12(11)16/h5-8H,3-4H2,1-2H3,(H,14,16). The average Bonchev–Trinajstić information content (AvgIpc) is 2.60. The minimum Gasteiger partial charge on any atom is -0.343 e. The third-order valence-corrected chi connectivity index (χ3v) is 3.65. The van der Waals surface area contributed by atoms with Gasteiger partial charge in [0.2, 0.25) is 0 Å². The van der Waals surface area contributed by atoms with Gasteiger partial charge < -0.3 is 9.55 Å². The molecule has 2 rings (SSSR count). The fourth-order valence-electron chi connectivity index (χ4n) is 2.15. The molecular formula is C12H15BrN2O. The second kappa shape index (κ2) is 4.45. The van der Waals surface area contributed by atoms with Crippen LogP contribution >= 0.6 is 15.9 Å². The molecule has 0 unspecified atom stereocenters. The fraction of sp³-hybridized carbons (Fsp3) is 0.417. The van der Waals surface area contributed by atoms with E-state index >= 15 is 0 Å². The lowest BCUT2D eigenvalue weighted by molar-refractivity contribution is 0.485. The largest absolute Gasteiger partial charge is 0.343 e. The second-order valence-corrected chi connectivity index (χ2v) is 4.78. The molecule has 0 aromatic carbocycles. The molecule has 3 nitrogen and oxygen atoms in total. The van der Waals surface area contributed by atoms with Crippen molar-refractivity contribution in [3.8, 4) is 0 Å². The normalized spacial score (nSPS) is 11.5. The Balaban J connectivity index is 2.73. The van der Waals surface area contributed by atoms with Gasteiger partial charge in [-0.15, -0.1) is 0 Å². The zero-order chi connectivity index (χ0) is 11.7. The minimum absolute atomic E-state index is 0.0333. The molecule has 1 N–H and O–H groups in total. The Morgan fingerprint density at radius 2 is 2.12 bits per heavy atom. The molecular weight excluding hydrogens is 268 g/mol. The predicted molar refractivity (Wildman–Crippen MR) is 69.9 cm³/mol. The van der Waals surface area contributed by atoms with E-state index in [2.05, 4.69) is 39.3 Å². The van der Waals surface area contributed by atoms with Crippen molar-refractivity contribution in [2.75, 3.05) is 0 Å². The summed E-state index contributed by atoms with van der Waals surface area (Å²) in [6.45, 7) is 4.34. The molecule has 2 aromatic heterocycles. The highest BCUT2D eigenvalue weighted by molar-refractivity contribution is 9.10. The number of rotatable bonds is 3. The van der Waals surface area contributed by atoms with E-state index in [1.54, 1.807) is 6.20 Å². The first-order valence-electron chi connectivity index (χ1n) is 5.56. The van der Waals surface area contributed by atoms with Gasteiger partial charge in [0.1, 0.15) is 0 Å². The van der Waals surface area contributed by atoms with E-state index in [-0.39, 0.29) is 5.56 Å². The van der Waals surface area contributed by atoms with Crippen LogP contribution in [0.15, 0.2) is 27.7 Å². The maximum Gasteiger partial charge on any atom is 0.258 e. The van der Waals surface area contributed by atoms with Crippen molar-refractivity contribution in [1.29, 1.82) is 0 Å². The third-order valence-electron chi connectivity index (χ3n) is 3.04. The number of fused-ring (bicyclic) bond motifs is 1. The lowest BCUT2D eigenvalue weighted by Gasteiger charge is -2.15. The Bertz CT molecular complexity index is 552. The number of nitrogens with zero attached hydrogens (tertiary/aromatic N) is 1. The summed E-state index contributed by atoms with van der Waals surface area (Å²) in [5, 5.41) is 0.745. The molecule has 0 amide bonds. The molecule has 0 aliphatic carbocycles. The summed E-state index contributed by atoms with van der Waals surface area (Å²) >= 11 is 3.45. The van der Waals surface area contributed by atoms with Gasteiger partial charge in [-0.2, -0.15) is 0 Å². The molecule has 0 fully saturated rings. The van der Waals surface area contributed by atoms with Gasteiger partial charge in [0.25, 0.3) is 5.56 Å². The minimum atomic E-state index is -0.0333. The van der Waals surface area contributed by atoms with Gasteiger partial charge in [-0.05, 0) is 34.8 Å². The molecule has 86 valence electrons. The zero-order valence-corrected chi connectivity index (χ0v) is 11.0. The van der Waals surface area contributed by atoms with Gasteiger partial charge in [-0.1, -0.05) is 13.8 Å². The van der Waals surface area contributed by atoms with Crippen molar-refractivity contribution >= 4 is 26.8 Å². The van der Waals surface area contributed by atoms with Crippen LogP contribution in [-0.2, 0) is 0 Å². The topological polar surface area (TPSA) is 37.8 Å². The molecule has 0 saturated carbocycles. The molecule has 16 heavy (non-hydrogen) atoms. The predicted octanol–water partition coefficient (Wildman–Crippen LogP) is 3.45. The molecule has 0 atom stereocenters. The van der Waals surface area contributed by atoms with Crippen LogP contribution in [0.3, 0.4) is 0 Å². The van der Waals surface area contributed by atoms with Crippen LogP contribution in [0.4, 0.5) is 0 Å². The summed E-state index contributed by atoms with van der Waals surface area (Å²) in [5.74, 6) is 0. The number of nitrogens with one attached hydrogen (secondary N) is 1. The molecule has 0 spiro atoms. The SMILES string of the molecule is CCC(CC)n1cc(Br)c2c(=O)[nH]ccc21. The van der Waals surface area contributed by atoms with Crippen LogP contribution in [0.1, 0.15) is 32.7 Å². The lowest BCUT2D eigenvalue weighted by atomic mass is 10.1. The maximum atomic E-state index is 11.7. The van der Waals surface area contributed by atoms with E-state index < -0.39 is 0 Å². The maximum absolute atomic E-state index is 11.7. The van der Waals surface area contributed by atoms with Gasteiger partial charge >= 0.3 is 0 Å². The van der Waals surface area contributed by atoms with Crippen LogP contribution in [0.25, 0.3) is 10.9 Å². The van der Waals surface area contributed by atoms with Crippen molar-refractivity contribution in [3.05, 3.63) is 33.3 Å². The average molecular weight is 283 g/mol. The Hall–Kier alpha value is -1.03. The highest BCUT2D eigenvalue weighted by Gasteiger charge is 2.14. The van der Waals surface area contributed by atoms with Crippen molar-refractivity contribution < 1.29 is 0 Å². The number of halogens is 1. The van der Waals surface area contributed by atoms with E-state index in [4.69, 9.17) is 0 Å². The Labute approximate surface area is 103 Å². The first-order chi connectivity index (χ1) is 7.69. The van der Waals surface area contributed by atoms with Crippen LogP contribution in [-0.4, -0.2) is 9.55 Å². The summed E-state index contributed by atoms with van der Waals surface area (Å²) in [7, 11) is 0. The first kappa shape index (κ1) is 11.5. The highest BCUT2D eigenvalue weighted by atomic mass is 79.9. The fourth-order valence-corrected chi connectivity index (χ4v) is 2.76. The van der Waals surface area contributed by atoms with Crippen LogP contribution in [0, 0.1) is 0 Å². The van der Waals surface area contributed by atoms with E-state index in [1.807, 2.05) is 12.3 Å². The van der Waals surface area contributed by atoms with Gasteiger partial charge in [0.15, 0.2) is 0 Å². The number of hydrogen-bond donors (Lipinski definition) is 1. The Kier molecular flexibility index (Phi) is 3.19. The summed E-state index contributed by atoms with van der Waals surface area (Å²) in [6, 6.07) is 2.41. The number of pyridine rings is 1.